The number of hydrogen-bond donors (Lipinski definition) is 2. The zero-order valence-corrected chi connectivity index (χ0v) is 12.0. The lowest BCUT2D eigenvalue weighted by Crippen LogP contribution is -2.12. The minimum atomic E-state index is -0.460. The fourth-order valence-corrected chi connectivity index (χ4v) is 2.08. The van der Waals surface area contributed by atoms with Crippen molar-refractivity contribution in [2.24, 2.45) is 0 Å². The Balaban J connectivity index is 1.64. The summed E-state index contributed by atoms with van der Waals surface area (Å²) in [5.74, 6) is 0.703. The van der Waals surface area contributed by atoms with Gasteiger partial charge in [-0.15, -0.1) is 0 Å². The van der Waals surface area contributed by atoms with Crippen molar-refractivity contribution in [2.75, 3.05) is 17.2 Å². The molecule has 1 saturated carbocycles. The van der Waals surface area contributed by atoms with Crippen molar-refractivity contribution in [3.63, 3.8) is 0 Å². The van der Waals surface area contributed by atoms with Crippen LogP contribution in [0.5, 0.6) is 0 Å². The van der Waals surface area contributed by atoms with Gasteiger partial charge in [0.05, 0.1) is 4.92 Å². The molecular weight excluding hydrogens is 282 g/mol. The van der Waals surface area contributed by atoms with Crippen molar-refractivity contribution in [1.29, 1.82) is 0 Å². The average molecular weight is 299 g/mol. The maximum Gasteiger partial charge on any atom is 0.329 e. The molecule has 1 aromatic carbocycles. The Hall–Kier alpha value is -2.70. The van der Waals surface area contributed by atoms with Crippen LogP contribution < -0.4 is 10.6 Å². The second-order valence-electron chi connectivity index (χ2n) is 5.27. The van der Waals surface area contributed by atoms with E-state index in [1.165, 1.54) is 11.8 Å². The third-order valence-electron chi connectivity index (χ3n) is 3.42. The first kappa shape index (κ1) is 14.2. The summed E-state index contributed by atoms with van der Waals surface area (Å²) in [7, 11) is 0. The zero-order valence-electron chi connectivity index (χ0n) is 12.0. The third kappa shape index (κ3) is 3.69. The van der Waals surface area contributed by atoms with Crippen LogP contribution in [0.4, 0.5) is 17.5 Å². The van der Waals surface area contributed by atoms with Crippen molar-refractivity contribution in [3.05, 3.63) is 52.2 Å². The number of nitrogens with zero attached hydrogens (tertiary/aromatic N) is 3. The molecular formula is C15H17N5O2. The van der Waals surface area contributed by atoms with E-state index in [0.717, 1.165) is 19.3 Å². The topological polar surface area (TPSA) is 93.0 Å². The smallest absolute Gasteiger partial charge is 0.329 e. The third-order valence-corrected chi connectivity index (χ3v) is 3.42. The fraction of sp³-hybridized carbons (Fsp3) is 0.333. The van der Waals surface area contributed by atoms with Crippen LogP contribution in [-0.2, 0) is 6.42 Å². The van der Waals surface area contributed by atoms with Crippen molar-refractivity contribution < 1.29 is 4.92 Å². The van der Waals surface area contributed by atoms with Crippen LogP contribution in [0.2, 0.25) is 0 Å². The molecule has 0 amide bonds. The Morgan fingerprint density at radius 2 is 2.05 bits per heavy atom. The van der Waals surface area contributed by atoms with Crippen molar-refractivity contribution >= 4 is 17.5 Å². The van der Waals surface area contributed by atoms with E-state index in [9.17, 15) is 10.1 Å². The van der Waals surface area contributed by atoms with Gasteiger partial charge in [0.2, 0.25) is 11.8 Å². The van der Waals surface area contributed by atoms with E-state index in [4.69, 9.17) is 0 Å². The van der Waals surface area contributed by atoms with Crippen LogP contribution in [0, 0.1) is 10.1 Å². The van der Waals surface area contributed by atoms with Gasteiger partial charge in [0.1, 0.15) is 6.20 Å². The van der Waals surface area contributed by atoms with Crippen molar-refractivity contribution in [3.8, 4) is 0 Å². The highest BCUT2D eigenvalue weighted by Crippen LogP contribution is 2.29. The van der Waals surface area contributed by atoms with Crippen LogP contribution >= 0.6 is 0 Å². The zero-order chi connectivity index (χ0) is 15.4. The van der Waals surface area contributed by atoms with Gasteiger partial charge >= 0.3 is 5.69 Å². The molecule has 0 bridgehead atoms. The molecule has 114 valence electrons. The van der Waals surface area contributed by atoms with Crippen molar-refractivity contribution in [1.82, 2.24) is 9.97 Å². The molecule has 0 radical (unpaired) electrons. The van der Waals surface area contributed by atoms with Gasteiger partial charge in [-0.05, 0) is 24.8 Å². The molecule has 2 aromatic rings. The van der Waals surface area contributed by atoms with E-state index in [2.05, 4.69) is 32.7 Å². The summed E-state index contributed by atoms with van der Waals surface area (Å²) in [5, 5.41) is 17.2. The lowest BCUT2D eigenvalue weighted by molar-refractivity contribution is -0.384. The maximum absolute atomic E-state index is 11.0. The van der Waals surface area contributed by atoms with Gasteiger partial charge in [0.25, 0.3) is 0 Å². The first-order valence-corrected chi connectivity index (χ1v) is 7.28. The lowest BCUT2D eigenvalue weighted by Gasteiger charge is -2.08. The first-order valence-electron chi connectivity index (χ1n) is 7.28. The second kappa shape index (κ2) is 6.38. The SMILES string of the molecule is O=[N+]([O-])c1cnc(NCCc2ccccc2)nc1NC1CC1. The number of nitrogens with one attached hydrogen (secondary N) is 2. The molecule has 1 aromatic heterocycles. The Bertz CT molecular complexity index is 658. The lowest BCUT2D eigenvalue weighted by atomic mass is 10.1. The summed E-state index contributed by atoms with van der Waals surface area (Å²) in [6.45, 7) is 0.671. The minimum Gasteiger partial charge on any atom is -0.361 e. The van der Waals surface area contributed by atoms with E-state index < -0.39 is 4.92 Å². The summed E-state index contributed by atoms with van der Waals surface area (Å²) >= 11 is 0. The van der Waals surface area contributed by atoms with Gasteiger partial charge in [-0.2, -0.15) is 4.98 Å². The number of aromatic nitrogens is 2. The fourth-order valence-electron chi connectivity index (χ4n) is 2.08. The van der Waals surface area contributed by atoms with Gasteiger partial charge in [0, 0.05) is 12.6 Å². The average Bonchev–Trinajstić information content (AvgIpc) is 3.32. The quantitative estimate of drug-likeness (QED) is 0.603. The molecule has 7 nitrogen and oxygen atoms in total. The molecule has 3 rings (SSSR count). The Labute approximate surface area is 127 Å². The molecule has 0 aliphatic heterocycles. The molecule has 1 heterocycles. The van der Waals surface area contributed by atoms with Crippen LogP contribution in [0.1, 0.15) is 18.4 Å². The minimum absolute atomic E-state index is 0.0829. The highest BCUT2D eigenvalue weighted by Gasteiger charge is 2.26. The van der Waals surface area contributed by atoms with Crippen LogP contribution in [0.15, 0.2) is 36.5 Å². The van der Waals surface area contributed by atoms with Gasteiger partial charge in [-0.1, -0.05) is 30.3 Å². The van der Waals surface area contributed by atoms with Crippen LogP contribution in [0.3, 0.4) is 0 Å². The van der Waals surface area contributed by atoms with Gasteiger partial charge in [0.15, 0.2) is 0 Å². The highest BCUT2D eigenvalue weighted by atomic mass is 16.6. The Morgan fingerprint density at radius 1 is 1.27 bits per heavy atom. The van der Waals surface area contributed by atoms with E-state index in [0.29, 0.717) is 24.4 Å². The monoisotopic (exact) mass is 299 g/mol. The summed E-state index contributed by atoms with van der Waals surface area (Å²) in [6, 6.07) is 10.4. The molecule has 0 atom stereocenters. The molecule has 0 spiro atoms. The number of benzene rings is 1. The summed E-state index contributed by atoms with van der Waals surface area (Å²) in [6.07, 6.45) is 4.14. The number of nitro groups is 1. The Kier molecular flexibility index (Phi) is 4.13. The molecule has 1 fully saturated rings. The molecule has 22 heavy (non-hydrogen) atoms. The van der Waals surface area contributed by atoms with E-state index in [-0.39, 0.29) is 5.69 Å². The largest absolute Gasteiger partial charge is 0.361 e. The standard InChI is InChI=1S/C15H17N5O2/c21-20(22)13-10-17-15(19-14(13)18-12-6-7-12)16-9-8-11-4-2-1-3-5-11/h1-5,10,12H,6-9H2,(H2,16,17,18,19). The molecule has 1 aliphatic carbocycles. The number of rotatable bonds is 7. The number of hydrogen-bond acceptors (Lipinski definition) is 6. The summed E-state index contributed by atoms with van der Waals surface area (Å²) < 4.78 is 0. The molecule has 7 heteroatoms. The molecule has 1 aliphatic rings. The predicted molar refractivity (Wildman–Crippen MR) is 84.0 cm³/mol. The van der Waals surface area contributed by atoms with Gasteiger partial charge in [-0.3, -0.25) is 10.1 Å². The Morgan fingerprint density at radius 3 is 2.73 bits per heavy atom. The molecule has 0 saturated heterocycles. The maximum atomic E-state index is 11.0. The summed E-state index contributed by atoms with van der Waals surface area (Å²) in [5.41, 5.74) is 1.13. The van der Waals surface area contributed by atoms with Crippen molar-refractivity contribution in [2.45, 2.75) is 25.3 Å². The molecule has 2 N–H and O–H groups in total. The van der Waals surface area contributed by atoms with Crippen LogP contribution in [-0.4, -0.2) is 27.5 Å². The van der Waals surface area contributed by atoms with E-state index in [1.54, 1.807) is 0 Å². The molecule has 0 unspecified atom stereocenters. The van der Waals surface area contributed by atoms with Crippen LogP contribution in [0.25, 0.3) is 0 Å². The summed E-state index contributed by atoms with van der Waals surface area (Å²) in [4.78, 5) is 18.8. The normalized spacial score (nSPS) is 13.6. The van der Waals surface area contributed by atoms with E-state index >= 15 is 0 Å². The predicted octanol–water partition coefficient (Wildman–Crippen LogP) is 2.61. The first-order chi connectivity index (χ1) is 10.7. The van der Waals surface area contributed by atoms with Gasteiger partial charge < -0.3 is 10.6 Å². The number of anilines is 2. The second-order valence-corrected chi connectivity index (χ2v) is 5.27. The van der Waals surface area contributed by atoms with E-state index in [1.807, 2.05) is 18.2 Å². The van der Waals surface area contributed by atoms with Gasteiger partial charge in [-0.25, -0.2) is 4.98 Å². The highest BCUT2D eigenvalue weighted by molar-refractivity contribution is 5.58.